The van der Waals surface area contributed by atoms with E-state index < -0.39 is 0 Å². The second-order valence-electron chi connectivity index (χ2n) is 2.43. The van der Waals surface area contributed by atoms with E-state index in [0.29, 0.717) is 6.54 Å². The topological polar surface area (TPSA) is 58.3 Å². The van der Waals surface area contributed by atoms with Crippen LogP contribution in [0.5, 0.6) is 0 Å². The number of hydrogen-bond donors (Lipinski definition) is 2. The first-order valence-electron chi connectivity index (χ1n) is 3.54. The Hall–Kier alpha value is -0.870. The van der Waals surface area contributed by atoms with E-state index in [9.17, 15) is 0 Å². The third-order valence-corrected chi connectivity index (χ3v) is 1.38. The van der Waals surface area contributed by atoms with Crippen molar-refractivity contribution in [3.63, 3.8) is 0 Å². The van der Waals surface area contributed by atoms with E-state index in [1.807, 2.05) is 6.92 Å². The molecule has 0 aliphatic carbocycles. The van der Waals surface area contributed by atoms with Gasteiger partial charge in [0.1, 0.15) is 5.76 Å². The Kier molecular flexibility index (Phi) is 3.07. The predicted octanol–water partition coefficient (Wildman–Crippen LogP) is 0.145. The molecule has 1 aromatic heterocycles. The van der Waals surface area contributed by atoms with Crippen LogP contribution >= 0.6 is 0 Å². The van der Waals surface area contributed by atoms with Gasteiger partial charge in [-0.05, 0) is 6.92 Å². The number of rotatable bonds is 4. The molecule has 0 saturated heterocycles. The maximum Gasteiger partial charge on any atom is 0.180 e. The number of oxazole rings is 1. The minimum atomic E-state index is 0.0973. The zero-order chi connectivity index (χ0) is 8.10. The number of aliphatic hydroxyl groups is 1. The molecular formula is C7H12N2O2. The zero-order valence-electron chi connectivity index (χ0n) is 6.45. The highest BCUT2D eigenvalue weighted by Crippen LogP contribution is 1.95. The molecule has 0 aliphatic heterocycles. The van der Waals surface area contributed by atoms with Crippen LogP contribution < -0.4 is 5.32 Å². The molecule has 1 atom stereocenters. The van der Waals surface area contributed by atoms with Crippen LogP contribution in [0.4, 0.5) is 0 Å². The summed E-state index contributed by atoms with van der Waals surface area (Å²) >= 11 is 0. The molecule has 1 aromatic rings. The monoisotopic (exact) mass is 156 g/mol. The Balaban J connectivity index is 2.23. The molecule has 0 bridgehead atoms. The van der Waals surface area contributed by atoms with Gasteiger partial charge in [-0.1, -0.05) is 0 Å². The fraction of sp³-hybridized carbons (Fsp3) is 0.571. The molecule has 0 aliphatic rings. The number of aromatic nitrogens is 1. The van der Waals surface area contributed by atoms with Crippen molar-refractivity contribution in [1.82, 2.24) is 10.3 Å². The van der Waals surface area contributed by atoms with Crippen LogP contribution in [0.3, 0.4) is 0 Å². The molecule has 62 valence electrons. The molecule has 1 heterocycles. The number of nitrogens with one attached hydrogen (secondary N) is 1. The van der Waals surface area contributed by atoms with E-state index in [-0.39, 0.29) is 12.6 Å². The smallest absolute Gasteiger partial charge is 0.180 e. The van der Waals surface area contributed by atoms with Gasteiger partial charge in [0.25, 0.3) is 0 Å². The summed E-state index contributed by atoms with van der Waals surface area (Å²) in [6, 6.07) is 0.0973. The molecule has 0 spiro atoms. The van der Waals surface area contributed by atoms with Crippen LogP contribution in [0, 0.1) is 0 Å². The van der Waals surface area contributed by atoms with E-state index in [1.165, 1.54) is 6.39 Å². The van der Waals surface area contributed by atoms with Crippen molar-refractivity contribution in [1.29, 1.82) is 0 Å². The molecule has 0 fully saturated rings. The summed E-state index contributed by atoms with van der Waals surface area (Å²) in [6.45, 7) is 2.65. The minimum Gasteiger partial charge on any atom is -0.447 e. The van der Waals surface area contributed by atoms with E-state index in [0.717, 1.165) is 5.76 Å². The van der Waals surface area contributed by atoms with Crippen LogP contribution in [-0.2, 0) is 6.54 Å². The Labute approximate surface area is 65.2 Å². The largest absolute Gasteiger partial charge is 0.447 e. The van der Waals surface area contributed by atoms with Gasteiger partial charge in [-0.15, -0.1) is 0 Å². The van der Waals surface area contributed by atoms with Gasteiger partial charge in [-0.2, -0.15) is 0 Å². The van der Waals surface area contributed by atoms with Crippen LogP contribution in [0.2, 0.25) is 0 Å². The van der Waals surface area contributed by atoms with Crippen molar-refractivity contribution in [3.8, 4) is 0 Å². The minimum absolute atomic E-state index is 0.0973. The molecule has 4 heteroatoms. The summed E-state index contributed by atoms with van der Waals surface area (Å²) < 4.78 is 4.97. The average Bonchev–Trinajstić information content (AvgIpc) is 2.52. The Morgan fingerprint density at radius 2 is 2.64 bits per heavy atom. The first kappa shape index (κ1) is 8.23. The number of hydrogen-bond acceptors (Lipinski definition) is 4. The van der Waals surface area contributed by atoms with E-state index in [1.54, 1.807) is 6.20 Å². The molecule has 11 heavy (non-hydrogen) atoms. The summed E-state index contributed by atoms with van der Waals surface area (Å²) in [7, 11) is 0. The van der Waals surface area contributed by atoms with Gasteiger partial charge in [0, 0.05) is 6.04 Å². The highest BCUT2D eigenvalue weighted by atomic mass is 16.3. The maximum absolute atomic E-state index is 8.65. The maximum atomic E-state index is 8.65. The van der Waals surface area contributed by atoms with E-state index >= 15 is 0 Å². The van der Waals surface area contributed by atoms with Crippen molar-refractivity contribution in [2.75, 3.05) is 6.61 Å². The second kappa shape index (κ2) is 4.10. The van der Waals surface area contributed by atoms with Crippen molar-refractivity contribution in [3.05, 3.63) is 18.4 Å². The van der Waals surface area contributed by atoms with Crippen LogP contribution in [0.1, 0.15) is 12.7 Å². The van der Waals surface area contributed by atoms with Crippen molar-refractivity contribution < 1.29 is 9.52 Å². The highest BCUT2D eigenvalue weighted by Gasteiger charge is 2.00. The Bertz CT molecular complexity index is 186. The summed E-state index contributed by atoms with van der Waals surface area (Å²) in [6.07, 6.45) is 3.04. The van der Waals surface area contributed by atoms with Crippen LogP contribution in [-0.4, -0.2) is 22.7 Å². The normalized spacial score (nSPS) is 13.3. The molecule has 0 radical (unpaired) electrons. The van der Waals surface area contributed by atoms with Crippen molar-refractivity contribution in [2.45, 2.75) is 19.5 Å². The second-order valence-corrected chi connectivity index (χ2v) is 2.43. The third kappa shape index (κ3) is 2.69. The van der Waals surface area contributed by atoms with Crippen LogP contribution in [0.25, 0.3) is 0 Å². The van der Waals surface area contributed by atoms with Gasteiger partial charge in [0.05, 0.1) is 19.3 Å². The fourth-order valence-electron chi connectivity index (χ4n) is 0.669. The van der Waals surface area contributed by atoms with Crippen molar-refractivity contribution >= 4 is 0 Å². The number of aliphatic hydroxyl groups excluding tert-OH is 1. The Morgan fingerprint density at radius 1 is 1.82 bits per heavy atom. The summed E-state index contributed by atoms with van der Waals surface area (Å²) in [5.74, 6) is 0.783. The zero-order valence-corrected chi connectivity index (χ0v) is 6.45. The van der Waals surface area contributed by atoms with E-state index in [4.69, 9.17) is 9.52 Å². The van der Waals surface area contributed by atoms with Gasteiger partial charge >= 0.3 is 0 Å². The summed E-state index contributed by atoms with van der Waals surface area (Å²) in [5.41, 5.74) is 0. The standard InChI is InChI=1S/C7H12N2O2/c1-6(4-10)9-3-7-2-8-5-11-7/h2,5-6,9-10H,3-4H2,1H3. The molecule has 1 rings (SSSR count). The van der Waals surface area contributed by atoms with Gasteiger partial charge in [-0.3, -0.25) is 0 Å². The number of nitrogens with zero attached hydrogens (tertiary/aromatic N) is 1. The van der Waals surface area contributed by atoms with Gasteiger partial charge < -0.3 is 14.8 Å². The summed E-state index contributed by atoms with van der Waals surface area (Å²) in [4.78, 5) is 3.76. The summed E-state index contributed by atoms with van der Waals surface area (Å²) in [5, 5.41) is 11.7. The van der Waals surface area contributed by atoms with Crippen molar-refractivity contribution in [2.24, 2.45) is 0 Å². The predicted molar refractivity (Wildman–Crippen MR) is 39.9 cm³/mol. The average molecular weight is 156 g/mol. The quantitative estimate of drug-likeness (QED) is 0.651. The molecular weight excluding hydrogens is 144 g/mol. The fourth-order valence-corrected chi connectivity index (χ4v) is 0.669. The molecule has 0 saturated carbocycles. The van der Waals surface area contributed by atoms with Gasteiger partial charge in [-0.25, -0.2) is 4.98 Å². The molecule has 2 N–H and O–H groups in total. The lowest BCUT2D eigenvalue weighted by Gasteiger charge is -2.07. The lowest BCUT2D eigenvalue weighted by atomic mass is 10.3. The Morgan fingerprint density at radius 3 is 3.18 bits per heavy atom. The highest BCUT2D eigenvalue weighted by molar-refractivity contribution is 4.87. The molecule has 0 amide bonds. The van der Waals surface area contributed by atoms with E-state index in [2.05, 4.69) is 10.3 Å². The molecule has 4 nitrogen and oxygen atoms in total. The lowest BCUT2D eigenvalue weighted by Crippen LogP contribution is -2.28. The third-order valence-electron chi connectivity index (χ3n) is 1.38. The molecule has 1 unspecified atom stereocenters. The van der Waals surface area contributed by atoms with Gasteiger partial charge in [0.15, 0.2) is 6.39 Å². The van der Waals surface area contributed by atoms with Gasteiger partial charge in [0.2, 0.25) is 0 Å². The lowest BCUT2D eigenvalue weighted by molar-refractivity contribution is 0.248. The SMILES string of the molecule is CC(CO)NCc1cnco1. The van der Waals surface area contributed by atoms with Crippen LogP contribution in [0.15, 0.2) is 17.0 Å². The first-order chi connectivity index (χ1) is 5.33. The molecule has 0 aromatic carbocycles. The first-order valence-corrected chi connectivity index (χ1v) is 3.54.